The van der Waals surface area contributed by atoms with Gasteiger partial charge in [0, 0.05) is 6.20 Å². The number of nitrogens with zero attached hydrogens (tertiary/aromatic N) is 1. The lowest BCUT2D eigenvalue weighted by molar-refractivity contribution is 0.833. The summed E-state index contributed by atoms with van der Waals surface area (Å²) in [7, 11) is 0. The number of nitrogens with two attached hydrogens (primary N) is 1. The average molecular weight is 198 g/mol. The number of aromatic nitrogens is 2. The molecule has 0 bridgehead atoms. The van der Waals surface area contributed by atoms with Gasteiger partial charge in [0.15, 0.2) is 0 Å². The van der Waals surface area contributed by atoms with E-state index in [1.54, 1.807) is 0 Å². The number of H-pyrrole nitrogens is 1. The molecule has 0 fully saturated rings. The Balaban J connectivity index is 0. The predicted molar refractivity (Wildman–Crippen MR) is 50.5 cm³/mol. The molecule has 1 rings (SSSR count). The van der Waals surface area contributed by atoms with Crippen molar-refractivity contribution in [3.63, 3.8) is 0 Å². The zero-order valence-corrected chi connectivity index (χ0v) is 7.75. The largest absolute Gasteiger partial charge is 0.330 e. The van der Waals surface area contributed by atoms with Gasteiger partial charge in [-0.1, -0.05) is 0 Å². The second kappa shape index (κ2) is 7.85. The molecule has 5 heteroatoms. The van der Waals surface area contributed by atoms with Crippen molar-refractivity contribution in [3.05, 3.63) is 18.0 Å². The van der Waals surface area contributed by atoms with E-state index in [2.05, 4.69) is 10.2 Å². The highest BCUT2D eigenvalue weighted by molar-refractivity contribution is 5.85. The fraction of sp³-hybridized carbons (Fsp3) is 0.500. The molecule has 0 unspecified atom stereocenters. The number of nitrogens with one attached hydrogen (secondary N) is 1. The van der Waals surface area contributed by atoms with E-state index in [-0.39, 0.29) is 24.8 Å². The van der Waals surface area contributed by atoms with Gasteiger partial charge in [-0.05, 0) is 24.9 Å². The van der Waals surface area contributed by atoms with Crippen LogP contribution in [0.4, 0.5) is 0 Å². The number of hydrogen-bond donors (Lipinski definition) is 2. The minimum Gasteiger partial charge on any atom is -0.330 e. The SMILES string of the molecule is Cl.Cl.NCCCc1cn[nH]c1. The first kappa shape index (κ1) is 13.3. The second-order valence-electron chi connectivity index (χ2n) is 2.00. The van der Waals surface area contributed by atoms with E-state index >= 15 is 0 Å². The molecule has 11 heavy (non-hydrogen) atoms. The predicted octanol–water partition coefficient (Wildman–Crippen LogP) is 1.14. The molecular formula is C6H13Cl2N3. The van der Waals surface area contributed by atoms with Gasteiger partial charge in [-0.3, -0.25) is 5.10 Å². The number of halogens is 2. The summed E-state index contributed by atoms with van der Waals surface area (Å²) in [6, 6.07) is 0. The standard InChI is InChI=1S/C6H11N3.2ClH/c7-3-1-2-6-4-8-9-5-6;;/h4-5H,1-3,7H2,(H,8,9);2*1H. The maximum atomic E-state index is 5.31. The Hall–Kier alpha value is -0.250. The molecule has 0 aliphatic heterocycles. The van der Waals surface area contributed by atoms with Gasteiger partial charge in [-0.25, -0.2) is 0 Å². The van der Waals surface area contributed by atoms with E-state index in [9.17, 15) is 0 Å². The normalized spacial score (nSPS) is 8.09. The fourth-order valence-electron chi connectivity index (χ4n) is 0.721. The molecule has 0 saturated heterocycles. The van der Waals surface area contributed by atoms with Crippen LogP contribution in [0, 0.1) is 0 Å². The Morgan fingerprint density at radius 1 is 1.45 bits per heavy atom. The molecule has 0 radical (unpaired) electrons. The second-order valence-corrected chi connectivity index (χ2v) is 2.00. The van der Waals surface area contributed by atoms with Crippen LogP contribution >= 0.6 is 24.8 Å². The first-order valence-corrected chi connectivity index (χ1v) is 3.11. The zero-order valence-electron chi connectivity index (χ0n) is 6.12. The monoisotopic (exact) mass is 197 g/mol. The Labute approximate surface area is 78.6 Å². The Morgan fingerprint density at radius 2 is 2.18 bits per heavy atom. The third kappa shape index (κ3) is 5.07. The van der Waals surface area contributed by atoms with Crippen LogP contribution in [0.3, 0.4) is 0 Å². The van der Waals surface area contributed by atoms with Gasteiger partial charge in [0.1, 0.15) is 0 Å². The van der Waals surface area contributed by atoms with Gasteiger partial charge in [0.2, 0.25) is 0 Å². The highest BCUT2D eigenvalue weighted by Gasteiger charge is 1.89. The first-order valence-electron chi connectivity index (χ1n) is 3.11. The lowest BCUT2D eigenvalue weighted by Crippen LogP contribution is -1.99. The van der Waals surface area contributed by atoms with Crippen LogP contribution < -0.4 is 5.73 Å². The van der Waals surface area contributed by atoms with Gasteiger partial charge in [-0.2, -0.15) is 5.10 Å². The maximum absolute atomic E-state index is 5.31. The van der Waals surface area contributed by atoms with Crippen molar-refractivity contribution in [1.29, 1.82) is 0 Å². The van der Waals surface area contributed by atoms with Crippen molar-refractivity contribution in [2.75, 3.05) is 6.54 Å². The number of aromatic amines is 1. The third-order valence-electron chi connectivity index (χ3n) is 1.22. The van der Waals surface area contributed by atoms with E-state index in [1.807, 2.05) is 12.4 Å². The molecular weight excluding hydrogens is 185 g/mol. The van der Waals surface area contributed by atoms with E-state index in [4.69, 9.17) is 5.73 Å². The number of hydrogen-bond acceptors (Lipinski definition) is 2. The topological polar surface area (TPSA) is 54.7 Å². The first-order chi connectivity index (χ1) is 4.43. The van der Waals surface area contributed by atoms with Crippen LogP contribution in [0.25, 0.3) is 0 Å². The lowest BCUT2D eigenvalue weighted by atomic mass is 10.2. The van der Waals surface area contributed by atoms with Gasteiger partial charge in [0.25, 0.3) is 0 Å². The van der Waals surface area contributed by atoms with Crippen LogP contribution in [-0.2, 0) is 6.42 Å². The van der Waals surface area contributed by atoms with Crippen molar-refractivity contribution >= 4 is 24.8 Å². The maximum Gasteiger partial charge on any atom is 0.0519 e. The molecule has 0 aliphatic carbocycles. The van der Waals surface area contributed by atoms with Crippen molar-refractivity contribution in [2.45, 2.75) is 12.8 Å². The summed E-state index contributed by atoms with van der Waals surface area (Å²) < 4.78 is 0. The molecule has 0 saturated carbocycles. The number of aryl methyl sites for hydroxylation is 1. The molecule has 1 aromatic heterocycles. The van der Waals surface area contributed by atoms with Gasteiger partial charge >= 0.3 is 0 Å². The molecule has 3 N–H and O–H groups in total. The zero-order chi connectivity index (χ0) is 6.53. The summed E-state index contributed by atoms with van der Waals surface area (Å²) in [4.78, 5) is 0. The van der Waals surface area contributed by atoms with Crippen LogP contribution in [0.5, 0.6) is 0 Å². The van der Waals surface area contributed by atoms with Crippen LogP contribution in [0.15, 0.2) is 12.4 Å². The van der Waals surface area contributed by atoms with Gasteiger partial charge < -0.3 is 5.73 Å². The Bertz CT molecular complexity index is 153. The van der Waals surface area contributed by atoms with Crippen molar-refractivity contribution < 1.29 is 0 Å². The van der Waals surface area contributed by atoms with Crippen molar-refractivity contribution in [1.82, 2.24) is 10.2 Å². The summed E-state index contributed by atoms with van der Waals surface area (Å²) >= 11 is 0. The quantitative estimate of drug-likeness (QED) is 0.765. The van der Waals surface area contributed by atoms with Gasteiger partial charge in [0.05, 0.1) is 6.20 Å². The Morgan fingerprint density at radius 3 is 2.64 bits per heavy atom. The smallest absolute Gasteiger partial charge is 0.0519 e. The van der Waals surface area contributed by atoms with E-state index in [0.29, 0.717) is 0 Å². The highest BCUT2D eigenvalue weighted by atomic mass is 35.5. The highest BCUT2D eigenvalue weighted by Crippen LogP contribution is 1.96. The summed E-state index contributed by atoms with van der Waals surface area (Å²) in [5.41, 5.74) is 6.55. The Kier molecular flexibility index (Phi) is 9.53. The molecule has 0 aliphatic rings. The van der Waals surface area contributed by atoms with Crippen molar-refractivity contribution in [3.8, 4) is 0 Å². The molecule has 0 spiro atoms. The van der Waals surface area contributed by atoms with Crippen molar-refractivity contribution in [2.24, 2.45) is 5.73 Å². The van der Waals surface area contributed by atoms with E-state index < -0.39 is 0 Å². The molecule has 66 valence electrons. The van der Waals surface area contributed by atoms with E-state index in [1.165, 1.54) is 5.56 Å². The minimum absolute atomic E-state index is 0. The van der Waals surface area contributed by atoms with Crippen LogP contribution in [0.2, 0.25) is 0 Å². The summed E-state index contributed by atoms with van der Waals surface area (Å²) in [6.07, 6.45) is 5.80. The molecule has 1 aromatic rings. The molecule has 0 atom stereocenters. The summed E-state index contributed by atoms with van der Waals surface area (Å²) in [5, 5.41) is 6.56. The fourth-order valence-corrected chi connectivity index (χ4v) is 0.721. The lowest BCUT2D eigenvalue weighted by Gasteiger charge is -1.89. The molecule has 0 aromatic carbocycles. The minimum atomic E-state index is 0. The van der Waals surface area contributed by atoms with E-state index in [0.717, 1.165) is 19.4 Å². The van der Waals surface area contributed by atoms with Gasteiger partial charge in [-0.15, -0.1) is 24.8 Å². The molecule has 3 nitrogen and oxygen atoms in total. The number of rotatable bonds is 3. The molecule has 0 amide bonds. The summed E-state index contributed by atoms with van der Waals surface area (Å²) in [5.74, 6) is 0. The van der Waals surface area contributed by atoms with Crippen LogP contribution in [0.1, 0.15) is 12.0 Å². The molecule has 1 heterocycles. The average Bonchev–Trinajstić information content (AvgIpc) is 2.34. The third-order valence-corrected chi connectivity index (χ3v) is 1.22. The van der Waals surface area contributed by atoms with Crippen LogP contribution in [-0.4, -0.2) is 16.7 Å². The summed E-state index contributed by atoms with van der Waals surface area (Å²) in [6.45, 7) is 0.755.